The van der Waals surface area contributed by atoms with Gasteiger partial charge in [-0.05, 0) is 31.2 Å². The summed E-state index contributed by atoms with van der Waals surface area (Å²) in [6, 6.07) is 6.25. The number of nitrogens with one attached hydrogen (secondary N) is 3. The van der Waals surface area contributed by atoms with E-state index in [4.69, 9.17) is 11.6 Å². The van der Waals surface area contributed by atoms with Crippen LogP contribution in [0.5, 0.6) is 0 Å². The van der Waals surface area contributed by atoms with Crippen LogP contribution in [0, 0.1) is 5.82 Å². The Bertz CT molecular complexity index is 1000. The van der Waals surface area contributed by atoms with Crippen molar-refractivity contribution in [1.29, 1.82) is 0 Å². The number of benzene rings is 2. The van der Waals surface area contributed by atoms with Crippen LogP contribution in [0.1, 0.15) is 24.1 Å². The van der Waals surface area contributed by atoms with Crippen molar-refractivity contribution < 1.29 is 27.2 Å². The molecule has 1 atom stereocenters. The molecular formula is C19H14ClF4N3O2. The van der Waals surface area contributed by atoms with Gasteiger partial charge in [-0.1, -0.05) is 29.8 Å². The molecule has 5 nitrogen and oxygen atoms in total. The Morgan fingerprint density at radius 3 is 2.48 bits per heavy atom. The lowest BCUT2D eigenvalue weighted by molar-refractivity contribution is -0.137. The molecule has 3 amide bonds. The number of alkyl halides is 3. The Hall–Kier alpha value is -3.07. The number of hydrogen-bond donors (Lipinski definition) is 3. The van der Waals surface area contributed by atoms with E-state index in [1.807, 2.05) is 0 Å². The fraction of sp³-hybridized carbons (Fsp3) is 0.158. The van der Waals surface area contributed by atoms with Gasteiger partial charge in [-0.25, -0.2) is 9.18 Å². The summed E-state index contributed by atoms with van der Waals surface area (Å²) in [5.74, 6) is -1.73. The van der Waals surface area contributed by atoms with Gasteiger partial charge in [-0.3, -0.25) is 4.79 Å². The highest BCUT2D eigenvalue weighted by Crippen LogP contribution is 2.37. The minimum absolute atomic E-state index is 0.0500. The molecule has 1 aliphatic heterocycles. The first-order chi connectivity index (χ1) is 13.6. The van der Waals surface area contributed by atoms with Gasteiger partial charge in [-0.2, -0.15) is 13.2 Å². The van der Waals surface area contributed by atoms with Crippen molar-refractivity contribution in [1.82, 2.24) is 10.6 Å². The molecule has 3 rings (SSSR count). The summed E-state index contributed by atoms with van der Waals surface area (Å²) >= 11 is 6.06. The molecular weight excluding hydrogens is 414 g/mol. The fourth-order valence-electron chi connectivity index (χ4n) is 3.03. The van der Waals surface area contributed by atoms with Gasteiger partial charge >= 0.3 is 12.2 Å². The molecule has 0 saturated carbocycles. The van der Waals surface area contributed by atoms with Gasteiger partial charge in [0.15, 0.2) is 0 Å². The third-order valence-corrected chi connectivity index (χ3v) is 4.61. The van der Waals surface area contributed by atoms with E-state index in [9.17, 15) is 27.2 Å². The average Bonchev–Trinajstić information content (AvgIpc) is 2.60. The first kappa shape index (κ1) is 20.7. The predicted molar refractivity (Wildman–Crippen MR) is 98.6 cm³/mol. The SMILES string of the molecule is CC1=C(C(=O)Nc2ccccc2C(F)(F)F)C(c2c(F)cccc2Cl)NC(=O)N1. The molecule has 0 aromatic heterocycles. The molecule has 0 aliphatic carbocycles. The Kier molecular flexibility index (Phi) is 5.52. The van der Waals surface area contributed by atoms with E-state index in [1.165, 1.54) is 31.2 Å². The second-order valence-corrected chi connectivity index (χ2v) is 6.61. The lowest BCUT2D eigenvalue weighted by atomic mass is 9.94. The molecule has 0 saturated heterocycles. The summed E-state index contributed by atoms with van der Waals surface area (Å²) in [4.78, 5) is 24.8. The van der Waals surface area contributed by atoms with Gasteiger partial charge in [0.25, 0.3) is 5.91 Å². The van der Waals surface area contributed by atoms with E-state index in [0.717, 1.165) is 18.2 Å². The predicted octanol–water partition coefficient (Wildman–Crippen LogP) is 4.76. The molecule has 1 unspecified atom stereocenters. The normalized spacial score (nSPS) is 16.9. The molecule has 0 fully saturated rings. The second-order valence-electron chi connectivity index (χ2n) is 6.20. The van der Waals surface area contributed by atoms with Gasteiger partial charge in [0.1, 0.15) is 5.82 Å². The Labute approximate surface area is 167 Å². The van der Waals surface area contributed by atoms with Crippen LogP contribution in [0.15, 0.2) is 53.7 Å². The van der Waals surface area contributed by atoms with Crippen molar-refractivity contribution in [2.45, 2.75) is 19.1 Å². The third kappa shape index (κ3) is 4.19. The maximum absolute atomic E-state index is 14.4. The lowest BCUT2D eigenvalue weighted by Gasteiger charge is -2.29. The summed E-state index contributed by atoms with van der Waals surface area (Å²) in [7, 11) is 0. The largest absolute Gasteiger partial charge is 0.418 e. The van der Waals surface area contributed by atoms with Crippen molar-refractivity contribution in [2.24, 2.45) is 0 Å². The Balaban J connectivity index is 2.04. The monoisotopic (exact) mass is 427 g/mol. The smallest absolute Gasteiger partial charge is 0.327 e. The summed E-state index contributed by atoms with van der Waals surface area (Å²) in [5.41, 5.74) is -1.80. The van der Waals surface area contributed by atoms with E-state index in [2.05, 4.69) is 16.0 Å². The number of allylic oxidation sites excluding steroid dienone is 1. The van der Waals surface area contributed by atoms with Crippen LogP contribution >= 0.6 is 11.6 Å². The number of hydrogen-bond acceptors (Lipinski definition) is 2. The minimum atomic E-state index is -4.69. The van der Waals surface area contributed by atoms with Crippen LogP contribution in [0.4, 0.5) is 28.0 Å². The minimum Gasteiger partial charge on any atom is -0.327 e. The van der Waals surface area contributed by atoms with E-state index in [0.29, 0.717) is 0 Å². The lowest BCUT2D eigenvalue weighted by Crippen LogP contribution is -2.46. The molecule has 29 heavy (non-hydrogen) atoms. The van der Waals surface area contributed by atoms with Gasteiger partial charge in [0.2, 0.25) is 0 Å². The average molecular weight is 428 g/mol. The molecule has 152 valence electrons. The second kappa shape index (κ2) is 7.75. The molecule has 0 radical (unpaired) electrons. The van der Waals surface area contributed by atoms with Crippen LogP contribution in [-0.2, 0) is 11.0 Å². The number of carbonyl (C=O) groups excluding carboxylic acids is 2. The van der Waals surface area contributed by atoms with Crippen molar-refractivity contribution in [3.63, 3.8) is 0 Å². The van der Waals surface area contributed by atoms with Crippen molar-refractivity contribution in [3.05, 3.63) is 75.7 Å². The Morgan fingerprint density at radius 2 is 1.83 bits per heavy atom. The maximum atomic E-state index is 14.4. The highest BCUT2D eigenvalue weighted by Gasteiger charge is 2.37. The van der Waals surface area contributed by atoms with Gasteiger partial charge in [-0.15, -0.1) is 0 Å². The first-order valence-corrected chi connectivity index (χ1v) is 8.67. The molecule has 1 aliphatic rings. The van der Waals surface area contributed by atoms with E-state index in [1.54, 1.807) is 0 Å². The zero-order valence-corrected chi connectivity index (χ0v) is 15.6. The molecule has 10 heteroatoms. The number of urea groups is 1. The number of amides is 3. The van der Waals surface area contributed by atoms with Crippen molar-refractivity contribution in [3.8, 4) is 0 Å². The number of anilines is 1. The van der Waals surface area contributed by atoms with Gasteiger partial charge in [0.05, 0.1) is 22.9 Å². The molecule has 0 bridgehead atoms. The summed E-state index contributed by atoms with van der Waals surface area (Å²) in [6.45, 7) is 1.38. The van der Waals surface area contributed by atoms with Crippen molar-refractivity contribution in [2.75, 3.05) is 5.32 Å². The van der Waals surface area contributed by atoms with Crippen molar-refractivity contribution >= 4 is 29.2 Å². The van der Waals surface area contributed by atoms with E-state index < -0.39 is 41.2 Å². The molecule has 2 aromatic carbocycles. The zero-order chi connectivity index (χ0) is 21.3. The highest BCUT2D eigenvalue weighted by molar-refractivity contribution is 6.31. The maximum Gasteiger partial charge on any atom is 0.418 e. The molecule has 3 N–H and O–H groups in total. The number of para-hydroxylation sites is 1. The third-order valence-electron chi connectivity index (χ3n) is 4.28. The summed E-state index contributed by atoms with van der Waals surface area (Å²) < 4.78 is 54.1. The molecule has 0 spiro atoms. The number of rotatable bonds is 3. The number of halogens is 5. The van der Waals surface area contributed by atoms with Crippen LogP contribution in [0.25, 0.3) is 0 Å². The topological polar surface area (TPSA) is 70.2 Å². The van der Waals surface area contributed by atoms with E-state index in [-0.39, 0.29) is 21.9 Å². The summed E-state index contributed by atoms with van der Waals surface area (Å²) in [6.07, 6.45) is -4.69. The Morgan fingerprint density at radius 1 is 1.14 bits per heavy atom. The van der Waals surface area contributed by atoms with Gasteiger partial charge < -0.3 is 16.0 Å². The van der Waals surface area contributed by atoms with Crippen LogP contribution in [0.2, 0.25) is 5.02 Å². The quantitative estimate of drug-likeness (QED) is 0.618. The first-order valence-electron chi connectivity index (χ1n) is 8.29. The highest BCUT2D eigenvalue weighted by atomic mass is 35.5. The molecule has 1 heterocycles. The number of carbonyl (C=O) groups is 2. The van der Waals surface area contributed by atoms with Crippen LogP contribution in [0.3, 0.4) is 0 Å². The van der Waals surface area contributed by atoms with Crippen LogP contribution < -0.4 is 16.0 Å². The van der Waals surface area contributed by atoms with E-state index >= 15 is 0 Å². The molecule has 2 aromatic rings. The fourth-order valence-corrected chi connectivity index (χ4v) is 3.30. The zero-order valence-electron chi connectivity index (χ0n) is 14.8. The standard InChI is InChI=1S/C19H14ClF4N3O2/c1-9-14(17(28)26-13-8-3-2-5-10(13)19(22,23)24)16(27-18(29)25-9)15-11(20)6-4-7-12(15)21/h2-8,16H,1H3,(H,26,28)(H2,25,27,29). The van der Waals surface area contributed by atoms with Gasteiger partial charge in [0, 0.05) is 16.3 Å². The summed E-state index contributed by atoms with van der Waals surface area (Å²) in [5, 5.41) is 6.90. The van der Waals surface area contributed by atoms with Crippen LogP contribution in [-0.4, -0.2) is 11.9 Å².